The fourth-order valence-corrected chi connectivity index (χ4v) is 3.09. The van der Waals surface area contributed by atoms with Gasteiger partial charge in [-0.1, -0.05) is 0 Å². The van der Waals surface area contributed by atoms with E-state index in [0.717, 1.165) is 30.2 Å². The summed E-state index contributed by atoms with van der Waals surface area (Å²) >= 11 is 1.65. The van der Waals surface area contributed by atoms with Gasteiger partial charge in [0.2, 0.25) is 0 Å². The van der Waals surface area contributed by atoms with Gasteiger partial charge in [-0.3, -0.25) is 4.90 Å². The van der Waals surface area contributed by atoms with Crippen molar-refractivity contribution >= 4 is 17.4 Å². The average molecular weight is 296 g/mol. The van der Waals surface area contributed by atoms with Gasteiger partial charge < -0.3 is 10.6 Å². The molecule has 0 aromatic carbocycles. The number of aromatic nitrogens is 1. The number of aryl methyl sites for hydroxylation is 1. The van der Waals surface area contributed by atoms with Crippen LogP contribution in [-0.4, -0.2) is 48.1 Å². The molecule has 2 rings (SSSR count). The van der Waals surface area contributed by atoms with Crippen molar-refractivity contribution in [3.8, 4) is 0 Å². The summed E-state index contributed by atoms with van der Waals surface area (Å²) in [4.78, 5) is 18.5. The second kappa shape index (κ2) is 7.59. The largest absolute Gasteiger partial charge is 0.338 e. The number of thiazole rings is 1. The molecule has 0 radical (unpaired) electrons. The highest BCUT2D eigenvalue weighted by Gasteiger charge is 2.18. The fraction of sp³-hybridized carbons (Fsp3) is 0.714. The number of nitrogens with zero attached hydrogens (tertiary/aromatic N) is 2. The van der Waals surface area contributed by atoms with E-state index in [4.69, 9.17) is 0 Å². The van der Waals surface area contributed by atoms with Crippen LogP contribution < -0.4 is 10.6 Å². The lowest BCUT2D eigenvalue weighted by Crippen LogP contribution is -2.44. The standard InChI is InChI=1S/C14H24N4OS/c1-11(18-7-3-4-8-18)9-16-14(19)15-6-5-13-10-20-12(2)17-13/h10-11H,3-9H2,1-2H3,(H2,15,16,19)/t11-/m0/s1. The Morgan fingerprint density at radius 2 is 2.20 bits per heavy atom. The molecule has 1 fully saturated rings. The molecule has 1 aliphatic rings. The normalized spacial score (nSPS) is 17.1. The first kappa shape index (κ1) is 15.3. The van der Waals surface area contributed by atoms with E-state index in [2.05, 4.69) is 27.4 Å². The zero-order valence-corrected chi connectivity index (χ0v) is 13.1. The molecule has 112 valence electrons. The van der Waals surface area contributed by atoms with Gasteiger partial charge >= 0.3 is 6.03 Å². The molecule has 0 saturated carbocycles. The Bertz CT molecular complexity index is 429. The van der Waals surface area contributed by atoms with Crippen molar-refractivity contribution in [2.45, 2.75) is 39.2 Å². The number of hydrogen-bond acceptors (Lipinski definition) is 4. The van der Waals surface area contributed by atoms with E-state index in [1.54, 1.807) is 11.3 Å². The number of likely N-dealkylation sites (tertiary alicyclic amines) is 1. The van der Waals surface area contributed by atoms with Crippen molar-refractivity contribution in [1.29, 1.82) is 0 Å². The molecule has 5 nitrogen and oxygen atoms in total. The van der Waals surface area contributed by atoms with Crippen LogP contribution >= 0.6 is 11.3 Å². The van der Waals surface area contributed by atoms with Gasteiger partial charge in [-0.05, 0) is 39.8 Å². The summed E-state index contributed by atoms with van der Waals surface area (Å²) in [6, 6.07) is 0.340. The van der Waals surface area contributed by atoms with E-state index in [9.17, 15) is 4.79 Å². The smallest absolute Gasteiger partial charge is 0.314 e. The minimum absolute atomic E-state index is 0.0806. The van der Waals surface area contributed by atoms with E-state index >= 15 is 0 Å². The van der Waals surface area contributed by atoms with Gasteiger partial charge in [-0.2, -0.15) is 0 Å². The topological polar surface area (TPSA) is 57.3 Å². The maximum Gasteiger partial charge on any atom is 0.314 e. The van der Waals surface area contributed by atoms with Gasteiger partial charge in [-0.25, -0.2) is 9.78 Å². The minimum Gasteiger partial charge on any atom is -0.338 e. The first-order valence-corrected chi connectivity index (χ1v) is 8.20. The Morgan fingerprint density at radius 1 is 1.45 bits per heavy atom. The third kappa shape index (κ3) is 4.76. The van der Waals surface area contributed by atoms with Crippen LogP contribution in [0, 0.1) is 6.92 Å². The van der Waals surface area contributed by atoms with E-state index in [1.807, 2.05) is 12.3 Å². The van der Waals surface area contributed by atoms with E-state index in [1.165, 1.54) is 12.8 Å². The molecular formula is C14H24N4OS. The minimum atomic E-state index is -0.0806. The maximum absolute atomic E-state index is 11.7. The Morgan fingerprint density at radius 3 is 2.85 bits per heavy atom. The predicted octanol–water partition coefficient (Wildman–Crippen LogP) is 1.78. The SMILES string of the molecule is Cc1nc(CCNC(=O)NC[C@H](C)N2CCCC2)cs1. The average Bonchev–Trinajstić information content (AvgIpc) is 3.07. The zero-order valence-electron chi connectivity index (χ0n) is 12.3. The summed E-state index contributed by atoms with van der Waals surface area (Å²) in [6.07, 6.45) is 3.35. The Balaban J connectivity index is 1.58. The number of carbonyl (C=O) groups excluding carboxylic acids is 1. The zero-order chi connectivity index (χ0) is 14.4. The molecule has 1 aliphatic heterocycles. The molecule has 20 heavy (non-hydrogen) atoms. The summed E-state index contributed by atoms with van der Waals surface area (Å²) < 4.78 is 0. The van der Waals surface area contributed by atoms with Crippen molar-refractivity contribution in [3.05, 3.63) is 16.1 Å². The van der Waals surface area contributed by atoms with Gasteiger partial charge in [0, 0.05) is 30.9 Å². The summed E-state index contributed by atoms with van der Waals surface area (Å²) in [7, 11) is 0. The van der Waals surface area contributed by atoms with Crippen LogP contribution in [0.3, 0.4) is 0 Å². The van der Waals surface area contributed by atoms with Crippen molar-refractivity contribution in [2.75, 3.05) is 26.2 Å². The number of nitrogens with one attached hydrogen (secondary N) is 2. The van der Waals surface area contributed by atoms with Crippen LogP contribution in [0.15, 0.2) is 5.38 Å². The third-order valence-corrected chi connectivity index (χ3v) is 4.48. The van der Waals surface area contributed by atoms with E-state index in [0.29, 0.717) is 19.1 Å². The number of carbonyl (C=O) groups is 1. The lowest BCUT2D eigenvalue weighted by Gasteiger charge is -2.23. The monoisotopic (exact) mass is 296 g/mol. The summed E-state index contributed by atoms with van der Waals surface area (Å²) in [5.74, 6) is 0. The molecule has 1 atom stereocenters. The maximum atomic E-state index is 11.7. The Labute approximate surface area is 124 Å². The number of hydrogen-bond donors (Lipinski definition) is 2. The molecule has 1 aromatic rings. The highest BCUT2D eigenvalue weighted by molar-refractivity contribution is 7.09. The van der Waals surface area contributed by atoms with E-state index < -0.39 is 0 Å². The Hall–Kier alpha value is -1.14. The second-order valence-electron chi connectivity index (χ2n) is 5.34. The molecule has 2 amide bonds. The number of urea groups is 1. The van der Waals surface area contributed by atoms with Crippen LogP contribution in [0.25, 0.3) is 0 Å². The van der Waals surface area contributed by atoms with Gasteiger partial charge in [-0.15, -0.1) is 11.3 Å². The first-order chi connectivity index (χ1) is 9.65. The van der Waals surface area contributed by atoms with Gasteiger partial charge in [0.05, 0.1) is 10.7 Å². The number of amides is 2. The lowest BCUT2D eigenvalue weighted by atomic mass is 10.3. The van der Waals surface area contributed by atoms with Crippen LogP contribution in [0.5, 0.6) is 0 Å². The number of rotatable bonds is 6. The first-order valence-electron chi connectivity index (χ1n) is 7.32. The summed E-state index contributed by atoms with van der Waals surface area (Å²) in [6.45, 7) is 7.83. The molecular weight excluding hydrogens is 272 g/mol. The second-order valence-corrected chi connectivity index (χ2v) is 6.40. The summed E-state index contributed by atoms with van der Waals surface area (Å²) in [5, 5.41) is 8.94. The van der Waals surface area contributed by atoms with Gasteiger partial charge in [0.15, 0.2) is 0 Å². The third-order valence-electron chi connectivity index (χ3n) is 3.66. The van der Waals surface area contributed by atoms with Crippen molar-refractivity contribution in [1.82, 2.24) is 20.5 Å². The van der Waals surface area contributed by atoms with Crippen molar-refractivity contribution in [2.24, 2.45) is 0 Å². The Kier molecular flexibility index (Phi) is 5.79. The van der Waals surface area contributed by atoms with Crippen LogP contribution in [0.2, 0.25) is 0 Å². The van der Waals surface area contributed by atoms with Crippen molar-refractivity contribution in [3.63, 3.8) is 0 Å². The lowest BCUT2D eigenvalue weighted by molar-refractivity contribution is 0.226. The summed E-state index contributed by atoms with van der Waals surface area (Å²) in [5.41, 5.74) is 1.05. The molecule has 0 aliphatic carbocycles. The highest BCUT2D eigenvalue weighted by Crippen LogP contribution is 2.10. The molecule has 6 heteroatoms. The predicted molar refractivity (Wildman–Crippen MR) is 82.2 cm³/mol. The molecule has 1 aromatic heterocycles. The molecule has 0 spiro atoms. The van der Waals surface area contributed by atoms with Crippen LogP contribution in [0.4, 0.5) is 4.79 Å². The van der Waals surface area contributed by atoms with Crippen LogP contribution in [-0.2, 0) is 6.42 Å². The van der Waals surface area contributed by atoms with Crippen molar-refractivity contribution < 1.29 is 4.79 Å². The fourth-order valence-electron chi connectivity index (χ4n) is 2.44. The van der Waals surface area contributed by atoms with E-state index in [-0.39, 0.29) is 6.03 Å². The highest BCUT2D eigenvalue weighted by atomic mass is 32.1. The molecule has 0 unspecified atom stereocenters. The van der Waals surface area contributed by atoms with Gasteiger partial charge in [0.25, 0.3) is 0 Å². The van der Waals surface area contributed by atoms with Crippen LogP contribution in [0.1, 0.15) is 30.5 Å². The molecule has 0 bridgehead atoms. The quantitative estimate of drug-likeness (QED) is 0.841. The van der Waals surface area contributed by atoms with Gasteiger partial charge in [0.1, 0.15) is 0 Å². The molecule has 2 N–H and O–H groups in total. The molecule has 1 saturated heterocycles. The molecule has 2 heterocycles.